The van der Waals surface area contributed by atoms with E-state index in [-0.39, 0.29) is 5.75 Å². The van der Waals surface area contributed by atoms with E-state index in [1.54, 1.807) is 0 Å². The molecule has 0 atom stereocenters. The number of nitrogens with zero attached hydrogens (tertiary/aromatic N) is 2. The second-order valence-corrected chi connectivity index (χ2v) is 6.50. The molecule has 0 saturated heterocycles. The van der Waals surface area contributed by atoms with Crippen molar-refractivity contribution in [1.82, 2.24) is 10.2 Å². The van der Waals surface area contributed by atoms with Crippen LogP contribution in [0.5, 0.6) is 0 Å². The molecule has 62 valence electrons. The van der Waals surface area contributed by atoms with Gasteiger partial charge in [0.1, 0.15) is 10.8 Å². The second kappa shape index (κ2) is 3.16. The smallest absolute Gasteiger partial charge is 0.183 e. The molecular formula is C4H5BrN2O2S2. The summed E-state index contributed by atoms with van der Waals surface area (Å²) in [4.78, 5) is 0. The van der Waals surface area contributed by atoms with Crippen LogP contribution in [0, 0.1) is 0 Å². The summed E-state index contributed by atoms with van der Waals surface area (Å²) in [5, 5.41) is 7.78. The zero-order valence-electron chi connectivity index (χ0n) is 5.61. The monoisotopic (exact) mass is 256 g/mol. The zero-order valence-corrected chi connectivity index (χ0v) is 8.83. The Hall–Kier alpha value is -0.0100. The fourth-order valence-electron chi connectivity index (χ4n) is 0.516. The Morgan fingerprint density at radius 1 is 1.55 bits per heavy atom. The predicted octanol–water partition coefficient (Wildman–Crippen LogP) is 0.845. The first kappa shape index (κ1) is 9.08. The maximum absolute atomic E-state index is 10.7. The first-order valence-electron chi connectivity index (χ1n) is 2.63. The van der Waals surface area contributed by atoms with Gasteiger partial charge in [-0.15, -0.1) is 10.2 Å². The molecule has 0 saturated carbocycles. The van der Waals surface area contributed by atoms with Gasteiger partial charge < -0.3 is 0 Å². The van der Waals surface area contributed by atoms with Gasteiger partial charge in [-0.2, -0.15) is 0 Å². The van der Waals surface area contributed by atoms with E-state index in [1.807, 2.05) is 0 Å². The lowest BCUT2D eigenvalue weighted by Crippen LogP contribution is -1.99. The Morgan fingerprint density at radius 3 is 2.55 bits per heavy atom. The highest BCUT2D eigenvalue weighted by Gasteiger charge is 2.08. The predicted molar refractivity (Wildman–Crippen MR) is 46.2 cm³/mol. The second-order valence-electron chi connectivity index (χ2n) is 2.02. The van der Waals surface area contributed by atoms with Crippen molar-refractivity contribution in [3.8, 4) is 0 Å². The SMILES string of the molecule is CS(=O)(=O)Cc1nnc(Br)s1. The zero-order chi connectivity index (χ0) is 8.48. The largest absolute Gasteiger partial charge is 0.229 e. The lowest BCUT2D eigenvalue weighted by Gasteiger charge is -1.88. The van der Waals surface area contributed by atoms with Crippen LogP contribution in [0.2, 0.25) is 0 Å². The lowest BCUT2D eigenvalue weighted by atomic mass is 10.9. The van der Waals surface area contributed by atoms with Crippen molar-refractivity contribution in [3.05, 3.63) is 8.92 Å². The van der Waals surface area contributed by atoms with Crippen molar-refractivity contribution >= 4 is 37.1 Å². The van der Waals surface area contributed by atoms with E-state index >= 15 is 0 Å². The van der Waals surface area contributed by atoms with E-state index < -0.39 is 9.84 Å². The molecule has 1 heterocycles. The summed E-state index contributed by atoms with van der Waals surface area (Å²) in [6, 6.07) is 0. The van der Waals surface area contributed by atoms with Gasteiger partial charge in [0.25, 0.3) is 0 Å². The summed E-state index contributed by atoms with van der Waals surface area (Å²) in [6.45, 7) is 0. The fourth-order valence-corrected chi connectivity index (χ4v) is 2.90. The molecule has 0 amide bonds. The van der Waals surface area contributed by atoms with Gasteiger partial charge in [0.05, 0.1) is 0 Å². The molecule has 1 rings (SSSR count). The van der Waals surface area contributed by atoms with Crippen molar-refractivity contribution in [2.24, 2.45) is 0 Å². The van der Waals surface area contributed by atoms with E-state index in [4.69, 9.17) is 0 Å². The minimum Gasteiger partial charge on any atom is -0.229 e. The van der Waals surface area contributed by atoms with Crippen LogP contribution in [-0.2, 0) is 15.6 Å². The van der Waals surface area contributed by atoms with Crippen molar-refractivity contribution in [2.75, 3.05) is 6.26 Å². The van der Waals surface area contributed by atoms with E-state index in [0.717, 1.165) is 0 Å². The summed E-state index contributed by atoms with van der Waals surface area (Å²) >= 11 is 4.32. The number of sulfone groups is 1. The standard InChI is InChI=1S/C4H5BrN2O2S2/c1-11(8,9)2-3-6-7-4(5)10-3/h2H2,1H3. The van der Waals surface area contributed by atoms with Crippen molar-refractivity contribution in [1.29, 1.82) is 0 Å². The summed E-state index contributed by atoms with van der Waals surface area (Å²) in [5.41, 5.74) is 0. The molecule has 0 spiro atoms. The van der Waals surface area contributed by atoms with Crippen LogP contribution in [0.3, 0.4) is 0 Å². The number of hydrogen-bond acceptors (Lipinski definition) is 5. The van der Waals surface area contributed by atoms with Gasteiger partial charge in [0.2, 0.25) is 0 Å². The number of rotatable bonds is 2. The maximum Gasteiger partial charge on any atom is 0.183 e. The topological polar surface area (TPSA) is 59.9 Å². The third-order valence-corrected chi connectivity index (χ3v) is 3.16. The van der Waals surface area contributed by atoms with E-state index in [9.17, 15) is 8.42 Å². The van der Waals surface area contributed by atoms with Crippen LogP contribution in [0.4, 0.5) is 0 Å². The van der Waals surface area contributed by atoms with Crippen LogP contribution in [0.1, 0.15) is 5.01 Å². The molecule has 0 N–H and O–H groups in total. The van der Waals surface area contributed by atoms with Crippen LogP contribution >= 0.6 is 27.3 Å². The highest BCUT2D eigenvalue weighted by Crippen LogP contribution is 2.17. The van der Waals surface area contributed by atoms with Gasteiger partial charge in [-0.3, -0.25) is 0 Å². The molecule has 0 unspecified atom stereocenters. The van der Waals surface area contributed by atoms with E-state index in [1.165, 1.54) is 17.6 Å². The van der Waals surface area contributed by atoms with Gasteiger partial charge in [-0.25, -0.2) is 8.42 Å². The number of hydrogen-bond donors (Lipinski definition) is 0. The molecule has 4 nitrogen and oxygen atoms in total. The average Bonchev–Trinajstić information content (AvgIpc) is 2.10. The first-order chi connectivity index (χ1) is 4.97. The van der Waals surface area contributed by atoms with Crippen LogP contribution in [0.25, 0.3) is 0 Å². The summed E-state index contributed by atoms with van der Waals surface area (Å²) < 4.78 is 22.1. The highest BCUT2D eigenvalue weighted by molar-refractivity contribution is 9.11. The van der Waals surface area contributed by atoms with E-state index in [2.05, 4.69) is 26.1 Å². The van der Waals surface area contributed by atoms with Crippen LogP contribution < -0.4 is 0 Å². The molecule has 0 bridgehead atoms. The fraction of sp³-hybridized carbons (Fsp3) is 0.500. The molecule has 7 heteroatoms. The third kappa shape index (κ3) is 3.26. The van der Waals surface area contributed by atoms with Crippen molar-refractivity contribution in [2.45, 2.75) is 5.75 Å². The molecule has 0 aliphatic heterocycles. The molecule has 0 radical (unpaired) electrons. The molecule has 11 heavy (non-hydrogen) atoms. The quantitative estimate of drug-likeness (QED) is 0.787. The van der Waals surface area contributed by atoms with Crippen molar-refractivity contribution in [3.63, 3.8) is 0 Å². The normalized spacial score (nSPS) is 11.8. The van der Waals surface area contributed by atoms with Gasteiger partial charge in [0, 0.05) is 6.26 Å². The Morgan fingerprint density at radius 2 is 2.18 bits per heavy atom. The maximum atomic E-state index is 10.7. The summed E-state index contributed by atoms with van der Waals surface area (Å²) in [6.07, 6.45) is 1.17. The molecule has 1 aromatic rings. The molecule has 0 aliphatic rings. The van der Waals surface area contributed by atoms with E-state index in [0.29, 0.717) is 8.92 Å². The molecular weight excluding hydrogens is 252 g/mol. The van der Waals surface area contributed by atoms with Crippen molar-refractivity contribution < 1.29 is 8.42 Å². The number of aromatic nitrogens is 2. The van der Waals surface area contributed by atoms with Gasteiger partial charge in [-0.1, -0.05) is 11.3 Å². The molecule has 1 aromatic heterocycles. The highest BCUT2D eigenvalue weighted by atomic mass is 79.9. The minimum atomic E-state index is -2.98. The summed E-state index contributed by atoms with van der Waals surface area (Å²) in [7, 11) is -2.98. The van der Waals surface area contributed by atoms with Gasteiger partial charge in [-0.05, 0) is 15.9 Å². The molecule has 0 aromatic carbocycles. The van der Waals surface area contributed by atoms with Gasteiger partial charge in [0.15, 0.2) is 13.8 Å². The summed E-state index contributed by atoms with van der Waals surface area (Å²) in [5.74, 6) is -0.0315. The molecule has 0 fully saturated rings. The van der Waals surface area contributed by atoms with Gasteiger partial charge >= 0.3 is 0 Å². The third-order valence-electron chi connectivity index (χ3n) is 0.828. The first-order valence-corrected chi connectivity index (χ1v) is 6.30. The Balaban J connectivity index is 2.81. The Kier molecular flexibility index (Phi) is 2.61. The average molecular weight is 257 g/mol. The number of halogens is 1. The van der Waals surface area contributed by atoms with Crippen LogP contribution in [-0.4, -0.2) is 24.9 Å². The van der Waals surface area contributed by atoms with Crippen LogP contribution in [0.15, 0.2) is 3.92 Å². The Bertz CT molecular complexity index is 345. The Labute approximate surface area is 76.7 Å². The lowest BCUT2D eigenvalue weighted by molar-refractivity contribution is 0.600. The molecule has 0 aliphatic carbocycles. The minimum absolute atomic E-state index is 0.0315.